The fraction of sp³-hybridized carbons (Fsp3) is 0.370. The second-order valence-corrected chi connectivity index (χ2v) is 10.5. The van der Waals surface area contributed by atoms with Gasteiger partial charge in [-0.05, 0) is 18.6 Å². The fourth-order valence-electron chi connectivity index (χ4n) is 4.67. The van der Waals surface area contributed by atoms with Crippen molar-refractivity contribution in [2.24, 2.45) is 5.10 Å². The first kappa shape index (κ1) is 31.2. The number of thioether (sulfide) groups is 1. The number of ether oxygens (including phenoxy) is 2. The van der Waals surface area contributed by atoms with Crippen LogP contribution in [0.2, 0.25) is 0 Å². The third-order valence-corrected chi connectivity index (χ3v) is 8.15. The van der Waals surface area contributed by atoms with Crippen molar-refractivity contribution in [1.82, 2.24) is 25.4 Å². The number of carbonyl (C=O) groups excluding carboxylic acids is 5. The van der Waals surface area contributed by atoms with Gasteiger partial charge in [0.15, 0.2) is 0 Å². The summed E-state index contributed by atoms with van der Waals surface area (Å²) in [5.74, 6) is -3.65. The highest BCUT2D eigenvalue weighted by molar-refractivity contribution is 8.00. The number of fused-ring (bicyclic) bond motifs is 1. The highest BCUT2D eigenvalue weighted by Crippen LogP contribution is 2.46. The molecule has 4 rings (SSSR count). The number of hydrazone groups is 1. The van der Waals surface area contributed by atoms with Crippen molar-refractivity contribution in [2.75, 3.05) is 32.6 Å². The molecule has 0 aromatic heterocycles. The summed E-state index contributed by atoms with van der Waals surface area (Å²) < 4.78 is 10.5. The predicted octanol–water partition coefficient (Wildman–Crippen LogP) is 1.01. The van der Waals surface area contributed by atoms with Crippen LogP contribution >= 0.6 is 11.8 Å². The zero-order valence-electron chi connectivity index (χ0n) is 23.5. The molecule has 16 heteroatoms. The topological polar surface area (TPSA) is 187 Å². The molecule has 2 unspecified atom stereocenters. The highest BCUT2D eigenvalue weighted by atomic mass is 32.2. The second-order valence-electron chi connectivity index (χ2n) is 9.45. The number of hydrogen-bond acceptors (Lipinski definition) is 10. The summed E-state index contributed by atoms with van der Waals surface area (Å²) in [6, 6.07) is 5.27. The van der Waals surface area contributed by atoms with E-state index in [1.165, 1.54) is 20.2 Å². The molecule has 0 bridgehead atoms. The minimum Gasteiger partial charge on any atom is -0.477 e. The van der Waals surface area contributed by atoms with E-state index in [2.05, 4.69) is 15.7 Å². The number of nitrogens with zero attached hydrogens (tertiary/aromatic N) is 4. The molecule has 43 heavy (non-hydrogen) atoms. The molecule has 228 valence electrons. The first-order valence-corrected chi connectivity index (χ1v) is 14.1. The molecular weight excluding hydrogens is 584 g/mol. The molecule has 3 heterocycles. The maximum absolute atomic E-state index is 13.7. The molecule has 2 fully saturated rings. The van der Waals surface area contributed by atoms with Gasteiger partial charge in [-0.3, -0.25) is 19.3 Å². The molecule has 1 aromatic rings. The monoisotopic (exact) mass is 614 g/mol. The predicted molar refractivity (Wildman–Crippen MR) is 152 cm³/mol. The lowest BCUT2D eigenvalue weighted by molar-refractivity contribution is -0.193. The number of amides is 6. The maximum Gasteiger partial charge on any atom is 0.352 e. The van der Waals surface area contributed by atoms with E-state index in [1.807, 2.05) is 0 Å². The SMILES string of the molecule is CC=CC=NN1CCN(C(=O)NC(C(=O)NC2(OC)C(=O)N3C(C(=O)O)=C(COC(C)=O)CS[C@H]32)c2ccccc2)C1=O. The van der Waals surface area contributed by atoms with E-state index in [4.69, 9.17) is 9.47 Å². The Labute approximate surface area is 250 Å². The Bertz CT molecular complexity index is 1410. The molecule has 3 aliphatic rings. The number of urea groups is 2. The molecule has 3 N–H and O–H groups in total. The first-order valence-electron chi connectivity index (χ1n) is 13.1. The molecule has 0 saturated carbocycles. The van der Waals surface area contributed by atoms with Gasteiger partial charge in [-0.1, -0.05) is 36.4 Å². The van der Waals surface area contributed by atoms with Crippen molar-refractivity contribution >= 4 is 53.8 Å². The normalized spacial score (nSPS) is 22.5. The van der Waals surface area contributed by atoms with Crippen LogP contribution in [-0.2, 0) is 28.7 Å². The smallest absolute Gasteiger partial charge is 0.352 e. The quantitative estimate of drug-likeness (QED) is 0.149. The van der Waals surface area contributed by atoms with Crippen LogP contribution in [0.1, 0.15) is 25.5 Å². The number of carbonyl (C=O) groups is 6. The number of carboxylic acids is 1. The Morgan fingerprint density at radius 1 is 1.21 bits per heavy atom. The van der Waals surface area contributed by atoms with E-state index >= 15 is 0 Å². The lowest BCUT2D eigenvalue weighted by atomic mass is 9.97. The van der Waals surface area contributed by atoms with E-state index in [9.17, 15) is 33.9 Å². The molecule has 3 aliphatic heterocycles. The van der Waals surface area contributed by atoms with E-state index in [0.29, 0.717) is 5.56 Å². The standard InChI is InChI=1S/C27H30N6O9S/c1-4-5-11-28-32-13-12-31(26(32)40)25(39)29-19(17-9-7-6-8-10-17)21(35)30-27(41-3)23(38)33-20(22(36)37)18(14-42-16(2)34)15-43-24(27)33/h4-11,19,24H,12-15H2,1-3H3,(H,29,39)(H,30,35)(H,36,37)/t19?,24-,27?/m0/s1. The highest BCUT2D eigenvalue weighted by Gasteiger charge is 2.67. The van der Waals surface area contributed by atoms with Gasteiger partial charge in [0.25, 0.3) is 11.6 Å². The summed E-state index contributed by atoms with van der Waals surface area (Å²) in [5.41, 5.74) is -1.76. The third kappa shape index (κ3) is 6.10. The Balaban J connectivity index is 1.56. The van der Waals surface area contributed by atoms with Crippen LogP contribution in [0.15, 0.2) is 58.9 Å². The lowest BCUT2D eigenvalue weighted by Gasteiger charge is -2.56. The summed E-state index contributed by atoms with van der Waals surface area (Å²) in [4.78, 5) is 78.4. The number of carboxylic acid groups (broad SMARTS) is 1. The van der Waals surface area contributed by atoms with E-state index in [-0.39, 0.29) is 36.7 Å². The molecule has 15 nitrogen and oxygen atoms in total. The number of nitrogens with one attached hydrogen (secondary N) is 2. The largest absolute Gasteiger partial charge is 0.477 e. The summed E-state index contributed by atoms with van der Waals surface area (Å²) in [6.45, 7) is 2.82. The van der Waals surface area contributed by atoms with Crippen molar-refractivity contribution < 1.29 is 43.3 Å². The number of imide groups is 1. The zero-order chi connectivity index (χ0) is 31.3. The zero-order valence-corrected chi connectivity index (χ0v) is 24.3. The molecule has 3 atom stereocenters. The van der Waals surface area contributed by atoms with Crippen molar-refractivity contribution in [3.8, 4) is 0 Å². The van der Waals surface area contributed by atoms with Crippen molar-refractivity contribution in [3.63, 3.8) is 0 Å². The summed E-state index contributed by atoms with van der Waals surface area (Å²) in [7, 11) is 1.19. The summed E-state index contributed by atoms with van der Waals surface area (Å²) in [5, 5.41) is 19.1. The van der Waals surface area contributed by atoms with E-state index in [1.54, 1.807) is 49.4 Å². The number of esters is 1. The molecule has 0 radical (unpaired) electrons. The Morgan fingerprint density at radius 2 is 1.93 bits per heavy atom. The minimum absolute atomic E-state index is 0.0229. The Kier molecular flexibility index (Phi) is 9.50. The third-order valence-electron chi connectivity index (χ3n) is 6.77. The fourth-order valence-corrected chi connectivity index (χ4v) is 6.09. The van der Waals surface area contributed by atoms with Gasteiger partial charge in [-0.2, -0.15) is 5.10 Å². The number of benzene rings is 1. The second kappa shape index (κ2) is 13.1. The van der Waals surface area contributed by atoms with Crippen LogP contribution in [0.5, 0.6) is 0 Å². The van der Waals surface area contributed by atoms with E-state index < -0.39 is 53.0 Å². The average molecular weight is 615 g/mol. The minimum atomic E-state index is -1.96. The maximum atomic E-state index is 13.7. The summed E-state index contributed by atoms with van der Waals surface area (Å²) in [6.07, 6.45) is 4.76. The van der Waals surface area contributed by atoms with Crippen LogP contribution in [-0.4, -0.2) is 106 Å². The number of rotatable bonds is 10. The van der Waals surface area contributed by atoms with Gasteiger partial charge in [0.2, 0.25) is 5.91 Å². The van der Waals surface area contributed by atoms with E-state index in [0.717, 1.165) is 26.6 Å². The lowest BCUT2D eigenvalue weighted by Crippen LogP contribution is -2.81. The number of methoxy groups -OCH3 is 1. The first-order chi connectivity index (χ1) is 20.5. The van der Waals surface area contributed by atoms with Gasteiger partial charge >= 0.3 is 24.0 Å². The molecule has 2 saturated heterocycles. The summed E-state index contributed by atoms with van der Waals surface area (Å²) >= 11 is 1.11. The van der Waals surface area contributed by atoms with Crippen LogP contribution in [0.25, 0.3) is 0 Å². The molecule has 1 aromatic carbocycles. The molecule has 0 aliphatic carbocycles. The number of aliphatic carboxylic acids is 1. The molecule has 6 amide bonds. The van der Waals surface area contributed by atoms with Crippen molar-refractivity contribution in [2.45, 2.75) is 31.0 Å². The van der Waals surface area contributed by atoms with Crippen LogP contribution in [0.4, 0.5) is 9.59 Å². The number of allylic oxidation sites excluding steroid dienone is 2. The van der Waals surface area contributed by atoms with Crippen molar-refractivity contribution in [1.29, 1.82) is 0 Å². The number of hydrogen-bond donors (Lipinski definition) is 3. The number of β-lactam (4-membered cyclic amide) rings is 1. The van der Waals surface area contributed by atoms with Gasteiger partial charge in [-0.25, -0.2) is 24.3 Å². The van der Waals surface area contributed by atoms with Gasteiger partial charge in [0.05, 0.1) is 13.1 Å². The molecular formula is C27H30N6O9S. The average Bonchev–Trinajstić information content (AvgIpc) is 3.36. The van der Waals surface area contributed by atoms with Crippen LogP contribution in [0, 0.1) is 0 Å². The van der Waals surface area contributed by atoms with Gasteiger partial charge in [-0.15, -0.1) is 11.8 Å². The van der Waals surface area contributed by atoms with Gasteiger partial charge < -0.3 is 25.2 Å². The van der Waals surface area contributed by atoms with Gasteiger partial charge in [0, 0.05) is 31.6 Å². The molecule has 0 spiro atoms. The Hall–Kier alpha value is -4.70. The van der Waals surface area contributed by atoms with Crippen molar-refractivity contribution in [3.05, 3.63) is 59.3 Å². The Morgan fingerprint density at radius 3 is 2.56 bits per heavy atom. The van der Waals surface area contributed by atoms with Crippen LogP contribution < -0.4 is 10.6 Å². The van der Waals surface area contributed by atoms with Gasteiger partial charge in [0.1, 0.15) is 23.7 Å². The van der Waals surface area contributed by atoms with Crippen LogP contribution in [0.3, 0.4) is 0 Å².